The molecule has 0 amide bonds. The van der Waals surface area contributed by atoms with E-state index in [1.807, 2.05) is 6.07 Å². The Kier molecular flexibility index (Phi) is 3.69. The highest BCUT2D eigenvalue weighted by molar-refractivity contribution is 7.12. The van der Waals surface area contributed by atoms with Crippen molar-refractivity contribution >= 4 is 11.3 Å². The highest BCUT2D eigenvalue weighted by atomic mass is 32.1. The summed E-state index contributed by atoms with van der Waals surface area (Å²) in [6.45, 7) is 1.77. The minimum atomic E-state index is -0.333. The van der Waals surface area contributed by atoms with Crippen molar-refractivity contribution in [3.63, 3.8) is 0 Å². The number of halogens is 1. The monoisotopic (exact) mass is 187 g/mol. The summed E-state index contributed by atoms with van der Waals surface area (Å²) in [4.78, 5) is 2.42. The molecule has 12 heavy (non-hydrogen) atoms. The molecule has 1 heterocycles. The number of hydrogen-bond acceptors (Lipinski definition) is 2. The molecule has 3 heteroatoms. The van der Waals surface area contributed by atoms with Crippen LogP contribution in [0.3, 0.4) is 0 Å². The molecule has 1 nitrogen and oxygen atoms in total. The molecular formula is C9H14FNS. The Balaban J connectivity index is 2.61. The topological polar surface area (TPSA) is 26.0 Å². The molecule has 0 saturated carbocycles. The molecule has 0 unspecified atom stereocenters. The van der Waals surface area contributed by atoms with Crippen LogP contribution in [0.25, 0.3) is 0 Å². The molecule has 1 rings (SSSR count). The molecule has 0 bridgehead atoms. The zero-order valence-corrected chi connectivity index (χ0v) is 8.03. The zero-order chi connectivity index (χ0) is 8.97. The Morgan fingerprint density at radius 1 is 1.58 bits per heavy atom. The molecular weight excluding hydrogens is 173 g/mol. The molecule has 0 radical (unpaired) electrons. The first-order valence-electron chi connectivity index (χ1n) is 4.18. The summed E-state index contributed by atoms with van der Waals surface area (Å²) in [5, 5.41) is 0. The van der Waals surface area contributed by atoms with E-state index in [-0.39, 0.29) is 12.7 Å². The second kappa shape index (κ2) is 4.58. The van der Waals surface area contributed by atoms with Crippen molar-refractivity contribution in [1.29, 1.82) is 0 Å². The van der Waals surface area contributed by atoms with Crippen LogP contribution in [0.15, 0.2) is 12.1 Å². The van der Waals surface area contributed by atoms with Gasteiger partial charge >= 0.3 is 0 Å². The van der Waals surface area contributed by atoms with E-state index in [2.05, 4.69) is 13.0 Å². The van der Waals surface area contributed by atoms with E-state index in [1.165, 1.54) is 4.88 Å². The highest BCUT2D eigenvalue weighted by Gasteiger charge is 2.07. The lowest BCUT2D eigenvalue weighted by Crippen LogP contribution is -2.08. The summed E-state index contributed by atoms with van der Waals surface area (Å²) in [6, 6.07) is 3.96. The summed E-state index contributed by atoms with van der Waals surface area (Å²) in [5.41, 5.74) is 5.74. The van der Waals surface area contributed by atoms with Gasteiger partial charge in [0.1, 0.15) is 0 Å². The molecule has 2 N–H and O–H groups in total. The molecule has 1 aromatic heterocycles. The summed E-state index contributed by atoms with van der Waals surface area (Å²) in [7, 11) is 0. The third-order valence-electron chi connectivity index (χ3n) is 1.82. The standard InChI is InChI=1S/C9H14FNS/c1-2-7-3-4-9(12-7)8(11)5-6-10/h3-4,8H,2,5-6,11H2,1H3/t8-/m0/s1. The van der Waals surface area contributed by atoms with Crippen LogP contribution in [-0.4, -0.2) is 6.67 Å². The van der Waals surface area contributed by atoms with E-state index < -0.39 is 0 Å². The molecule has 68 valence electrons. The average molecular weight is 187 g/mol. The van der Waals surface area contributed by atoms with Crippen molar-refractivity contribution in [2.24, 2.45) is 5.73 Å². The van der Waals surface area contributed by atoms with Crippen LogP contribution in [-0.2, 0) is 6.42 Å². The maximum atomic E-state index is 11.9. The minimum Gasteiger partial charge on any atom is -0.323 e. The molecule has 0 saturated heterocycles. The quantitative estimate of drug-likeness (QED) is 0.770. The lowest BCUT2D eigenvalue weighted by Gasteiger charge is -2.04. The van der Waals surface area contributed by atoms with Crippen LogP contribution < -0.4 is 5.73 Å². The fourth-order valence-electron chi connectivity index (χ4n) is 1.04. The van der Waals surface area contributed by atoms with Crippen LogP contribution in [0.4, 0.5) is 4.39 Å². The summed E-state index contributed by atoms with van der Waals surface area (Å²) >= 11 is 1.69. The van der Waals surface area contributed by atoms with Gasteiger partial charge in [0.15, 0.2) is 0 Å². The van der Waals surface area contributed by atoms with Crippen LogP contribution in [0.1, 0.15) is 29.1 Å². The fourth-order valence-corrected chi connectivity index (χ4v) is 2.03. The Hall–Kier alpha value is -0.410. The number of alkyl halides is 1. The van der Waals surface area contributed by atoms with Crippen LogP contribution in [0.2, 0.25) is 0 Å². The number of nitrogens with two attached hydrogens (primary N) is 1. The molecule has 0 spiro atoms. The van der Waals surface area contributed by atoms with Crippen molar-refractivity contribution in [3.05, 3.63) is 21.9 Å². The van der Waals surface area contributed by atoms with Crippen molar-refractivity contribution in [2.45, 2.75) is 25.8 Å². The largest absolute Gasteiger partial charge is 0.323 e. The van der Waals surface area contributed by atoms with Gasteiger partial charge in [0.2, 0.25) is 0 Å². The zero-order valence-electron chi connectivity index (χ0n) is 7.22. The molecule has 0 aliphatic heterocycles. The first-order valence-corrected chi connectivity index (χ1v) is 4.99. The van der Waals surface area contributed by atoms with E-state index in [4.69, 9.17) is 5.73 Å². The summed E-state index contributed by atoms with van der Waals surface area (Å²) in [6.07, 6.45) is 1.47. The number of rotatable bonds is 4. The lowest BCUT2D eigenvalue weighted by molar-refractivity contribution is 0.444. The Morgan fingerprint density at radius 2 is 2.33 bits per heavy atom. The SMILES string of the molecule is CCc1ccc([C@@H](N)CCF)s1. The van der Waals surface area contributed by atoms with Crippen molar-refractivity contribution < 1.29 is 4.39 Å². The van der Waals surface area contributed by atoms with Gasteiger partial charge in [-0.1, -0.05) is 6.92 Å². The van der Waals surface area contributed by atoms with Gasteiger partial charge in [-0.2, -0.15) is 0 Å². The maximum absolute atomic E-state index is 11.9. The van der Waals surface area contributed by atoms with Crippen molar-refractivity contribution in [1.82, 2.24) is 0 Å². The second-order valence-electron chi connectivity index (χ2n) is 2.74. The Morgan fingerprint density at radius 3 is 2.83 bits per heavy atom. The normalized spacial score (nSPS) is 13.2. The van der Waals surface area contributed by atoms with Crippen molar-refractivity contribution in [2.75, 3.05) is 6.67 Å². The molecule has 0 aromatic carbocycles. The minimum absolute atomic E-state index is 0.111. The lowest BCUT2D eigenvalue weighted by atomic mass is 10.2. The molecule has 1 aromatic rings. The fraction of sp³-hybridized carbons (Fsp3) is 0.556. The van der Waals surface area contributed by atoms with E-state index in [0.29, 0.717) is 6.42 Å². The molecule has 0 aliphatic carbocycles. The van der Waals surface area contributed by atoms with Crippen LogP contribution >= 0.6 is 11.3 Å². The second-order valence-corrected chi connectivity index (χ2v) is 3.94. The maximum Gasteiger partial charge on any atom is 0.0912 e. The van der Waals surface area contributed by atoms with Gasteiger partial charge in [0.05, 0.1) is 6.67 Å². The smallest absolute Gasteiger partial charge is 0.0912 e. The first kappa shape index (κ1) is 9.68. The van der Waals surface area contributed by atoms with Gasteiger partial charge in [-0.05, 0) is 25.0 Å². The van der Waals surface area contributed by atoms with Gasteiger partial charge in [-0.25, -0.2) is 0 Å². The highest BCUT2D eigenvalue weighted by Crippen LogP contribution is 2.24. The predicted octanol–water partition coefficient (Wildman–Crippen LogP) is 2.67. The number of hydrogen-bond donors (Lipinski definition) is 1. The van der Waals surface area contributed by atoms with Gasteiger partial charge < -0.3 is 5.73 Å². The molecule has 0 aliphatic rings. The van der Waals surface area contributed by atoms with Crippen molar-refractivity contribution in [3.8, 4) is 0 Å². The van der Waals surface area contributed by atoms with Gasteiger partial charge in [-0.3, -0.25) is 4.39 Å². The van der Waals surface area contributed by atoms with E-state index in [9.17, 15) is 4.39 Å². The third kappa shape index (κ3) is 2.29. The van der Waals surface area contributed by atoms with Gasteiger partial charge in [0.25, 0.3) is 0 Å². The van der Waals surface area contributed by atoms with E-state index in [1.54, 1.807) is 11.3 Å². The van der Waals surface area contributed by atoms with Gasteiger partial charge in [-0.15, -0.1) is 11.3 Å². The van der Waals surface area contributed by atoms with E-state index in [0.717, 1.165) is 11.3 Å². The summed E-state index contributed by atoms with van der Waals surface area (Å²) in [5.74, 6) is 0. The first-order chi connectivity index (χ1) is 5.77. The van der Waals surface area contributed by atoms with Gasteiger partial charge in [0, 0.05) is 15.8 Å². The number of aryl methyl sites for hydroxylation is 1. The third-order valence-corrected chi connectivity index (χ3v) is 3.18. The summed E-state index contributed by atoms with van der Waals surface area (Å²) < 4.78 is 11.9. The van der Waals surface area contributed by atoms with Crippen LogP contribution in [0.5, 0.6) is 0 Å². The van der Waals surface area contributed by atoms with Crippen LogP contribution in [0, 0.1) is 0 Å². The number of thiophene rings is 1. The molecule has 0 fully saturated rings. The average Bonchev–Trinajstić information content (AvgIpc) is 2.52. The van der Waals surface area contributed by atoms with E-state index >= 15 is 0 Å². The predicted molar refractivity (Wildman–Crippen MR) is 51.2 cm³/mol. The molecule has 1 atom stereocenters. The Labute approximate surface area is 76.4 Å². The Bertz CT molecular complexity index is 234.